The Kier molecular flexibility index (Phi) is 2.05. The summed E-state index contributed by atoms with van der Waals surface area (Å²) in [7, 11) is 2.02. The lowest BCUT2D eigenvalue weighted by Crippen LogP contribution is -2.04. The number of aryl methyl sites for hydroxylation is 1. The topological polar surface area (TPSA) is 15.6 Å². The molecule has 0 radical (unpaired) electrons. The summed E-state index contributed by atoms with van der Waals surface area (Å²) in [6, 6.07) is 8.42. The van der Waals surface area contributed by atoms with Crippen LogP contribution in [0.4, 0.5) is 0 Å². The fourth-order valence-corrected chi connectivity index (χ4v) is 1.66. The zero-order valence-corrected chi connectivity index (χ0v) is 8.12. The van der Waals surface area contributed by atoms with Gasteiger partial charge in [0.05, 0.1) is 5.71 Å². The molecule has 13 heavy (non-hydrogen) atoms. The first-order valence-electron chi connectivity index (χ1n) is 4.62. The summed E-state index contributed by atoms with van der Waals surface area (Å²) in [6.07, 6.45) is 1.07. The van der Waals surface area contributed by atoms with Crippen molar-refractivity contribution >= 4 is 5.71 Å². The molecule has 0 aliphatic carbocycles. The van der Waals surface area contributed by atoms with Crippen molar-refractivity contribution < 1.29 is 0 Å². The third-order valence-corrected chi connectivity index (χ3v) is 2.42. The Balaban J connectivity index is 2.36. The third kappa shape index (κ3) is 1.57. The van der Waals surface area contributed by atoms with Crippen molar-refractivity contribution in [1.82, 2.24) is 5.01 Å². The number of benzene rings is 1. The van der Waals surface area contributed by atoms with Crippen LogP contribution in [0.25, 0.3) is 0 Å². The maximum atomic E-state index is 4.47. The molecule has 0 saturated carbocycles. The number of rotatable bonds is 1. The second-order valence-electron chi connectivity index (χ2n) is 3.49. The summed E-state index contributed by atoms with van der Waals surface area (Å²) in [5.74, 6) is 0. The smallest absolute Gasteiger partial charge is 0.0698 e. The molecule has 1 aromatic carbocycles. The van der Waals surface area contributed by atoms with Crippen LogP contribution in [-0.4, -0.2) is 24.3 Å². The van der Waals surface area contributed by atoms with Gasteiger partial charge in [0.15, 0.2) is 0 Å². The summed E-state index contributed by atoms with van der Waals surface area (Å²) in [6.45, 7) is 3.18. The molecular weight excluding hydrogens is 160 g/mol. The van der Waals surface area contributed by atoms with Gasteiger partial charge < -0.3 is 0 Å². The minimum Gasteiger partial charge on any atom is -0.299 e. The minimum atomic E-state index is 1.05. The molecule has 1 aliphatic heterocycles. The van der Waals surface area contributed by atoms with Gasteiger partial charge in [-0.1, -0.05) is 24.3 Å². The lowest BCUT2D eigenvalue weighted by molar-refractivity contribution is 0.393. The fourth-order valence-electron chi connectivity index (χ4n) is 1.66. The van der Waals surface area contributed by atoms with Crippen LogP contribution in [0.2, 0.25) is 0 Å². The first kappa shape index (κ1) is 8.30. The van der Waals surface area contributed by atoms with Crippen molar-refractivity contribution in [2.75, 3.05) is 13.6 Å². The Morgan fingerprint density at radius 3 is 2.69 bits per heavy atom. The molecule has 1 aliphatic rings. The molecule has 0 spiro atoms. The highest BCUT2D eigenvalue weighted by Crippen LogP contribution is 2.15. The maximum Gasteiger partial charge on any atom is 0.0698 e. The number of hydrazone groups is 1. The first-order chi connectivity index (χ1) is 6.27. The largest absolute Gasteiger partial charge is 0.299 e. The molecule has 1 aromatic rings. The zero-order chi connectivity index (χ0) is 9.26. The van der Waals surface area contributed by atoms with E-state index in [0.29, 0.717) is 0 Å². The molecule has 0 N–H and O–H groups in total. The van der Waals surface area contributed by atoms with Crippen molar-refractivity contribution in [2.45, 2.75) is 13.3 Å². The average Bonchev–Trinajstić information content (AvgIpc) is 2.53. The Morgan fingerprint density at radius 2 is 2.08 bits per heavy atom. The van der Waals surface area contributed by atoms with Crippen LogP contribution < -0.4 is 0 Å². The van der Waals surface area contributed by atoms with Crippen molar-refractivity contribution in [1.29, 1.82) is 0 Å². The molecule has 0 atom stereocenters. The van der Waals surface area contributed by atoms with Crippen molar-refractivity contribution in [3.05, 3.63) is 35.4 Å². The standard InChI is InChI=1S/C11H14N2/c1-9-5-3-4-6-10(9)11-7-8-13(2)12-11/h3-6H,7-8H2,1-2H3. The predicted molar refractivity (Wildman–Crippen MR) is 55.0 cm³/mol. The van der Waals surface area contributed by atoms with Gasteiger partial charge in [0.2, 0.25) is 0 Å². The van der Waals surface area contributed by atoms with Crippen LogP contribution in [0.3, 0.4) is 0 Å². The molecule has 0 amide bonds. The second kappa shape index (κ2) is 3.21. The molecule has 68 valence electrons. The highest BCUT2D eigenvalue weighted by atomic mass is 15.5. The van der Waals surface area contributed by atoms with E-state index in [-0.39, 0.29) is 0 Å². The normalized spacial score (nSPS) is 16.2. The third-order valence-electron chi connectivity index (χ3n) is 2.42. The summed E-state index contributed by atoms with van der Waals surface area (Å²) in [5.41, 5.74) is 3.84. The number of nitrogens with zero attached hydrogens (tertiary/aromatic N) is 2. The Morgan fingerprint density at radius 1 is 1.31 bits per heavy atom. The van der Waals surface area contributed by atoms with Crippen molar-refractivity contribution in [3.63, 3.8) is 0 Å². The van der Waals surface area contributed by atoms with E-state index in [0.717, 1.165) is 13.0 Å². The molecule has 2 rings (SSSR count). The molecule has 1 heterocycles. The summed E-state index contributed by atoms with van der Waals surface area (Å²) in [5, 5.41) is 6.47. The predicted octanol–water partition coefficient (Wildman–Crippen LogP) is 2.03. The lowest BCUT2D eigenvalue weighted by atomic mass is 10.0. The molecular formula is C11H14N2. The van der Waals surface area contributed by atoms with Gasteiger partial charge in [-0.05, 0) is 12.5 Å². The van der Waals surface area contributed by atoms with Gasteiger partial charge in [-0.3, -0.25) is 5.01 Å². The average molecular weight is 174 g/mol. The van der Waals surface area contributed by atoms with Crippen molar-refractivity contribution in [3.8, 4) is 0 Å². The number of hydrogen-bond donors (Lipinski definition) is 0. The molecule has 2 nitrogen and oxygen atoms in total. The van der Waals surface area contributed by atoms with Crippen LogP contribution in [0.1, 0.15) is 17.5 Å². The molecule has 0 aromatic heterocycles. The van der Waals surface area contributed by atoms with Crippen molar-refractivity contribution in [2.24, 2.45) is 5.10 Å². The fraction of sp³-hybridized carbons (Fsp3) is 0.364. The SMILES string of the molecule is Cc1ccccc1C1=NN(C)CC1. The van der Waals surface area contributed by atoms with E-state index < -0.39 is 0 Å². The zero-order valence-electron chi connectivity index (χ0n) is 8.12. The molecule has 0 fully saturated rings. The van der Waals surface area contributed by atoms with E-state index in [4.69, 9.17) is 0 Å². The van der Waals surface area contributed by atoms with Crippen LogP contribution in [0, 0.1) is 6.92 Å². The monoisotopic (exact) mass is 174 g/mol. The van der Waals surface area contributed by atoms with E-state index in [1.165, 1.54) is 16.8 Å². The summed E-state index contributed by atoms with van der Waals surface area (Å²) < 4.78 is 0. The van der Waals surface area contributed by atoms with Gasteiger partial charge in [0, 0.05) is 25.6 Å². The highest BCUT2D eigenvalue weighted by Gasteiger charge is 2.13. The van der Waals surface area contributed by atoms with E-state index in [2.05, 4.69) is 36.3 Å². The highest BCUT2D eigenvalue weighted by molar-refractivity contribution is 6.02. The van der Waals surface area contributed by atoms with E-state index in [1.54, 1.807) is 0 Å². The van der Waals surface area contributed by atoms with Gasteiger partial charge >= 0.3 is 0 Å². The lowest BCUT2D eigenvalue weighted by Gasteiger charge is -2.03. The van der Waals surface area contributed by atoms with Gasteiger partial charge in [0.25, 0.3) is 0 Å². The van der Waals surface area contributed by atoms with Crippen LogP contribution >= 0.6 is 0 Å². The quantitative estimate of drug-likeness (QED) is 0.636. The molecule has 0 unspecified atom stereocenters. The Bertz CT molecular complexity index is 342. The molecule has 0 bridgehead atoms. The van der Waals surface area contributed by atoms with Crippen LogP contribution in [0.5, 0.6) is 0 Å². The minimum absolute atomic E-state index is 1.05. The van der Waals surface area contributed by atoms with E-state index >= 15 is 0 Å². The van der Waals surface area contributed by atoms with Crippen LogP contribution in [0.15, 0.2) is 29.4 Å². The Labute approximate surface area is 78.9 Å². The molecule has 2 heteroatoms. The Hall–Kier alpha value is -1.31. The van der Waals surface area contributed by atoms with E-state index in [9.17, 15) is 0 Å². The van der Waals surface area contributed by atoms with Crippen LogP contribution in [-0.2, 0) is 0 Å². The van der Waals surface area contributed by atoms with Gasteiger partial charge in [-0.15, -0.1) is 0 Å². The van der Waals surface area contributed by atoms with Gasteiger partial charge in [0.1, 0.15) is 0 Å². The second-order valence-corrected chi connectivity index (χ2v) is 3.49. The maximum absolute atomic E-state index is 4.47. The summed E-state index contributed by atoms with van der Waals surface area (Å²) in [4.78, 5) is 0. The molecule has 0 saturated heterocycles. The first-order valence-corrected chi connectivity index (χ1v) is 4.62. The number of hydrogen-bond acceptors (Lipinski definition) is 2. The van der Waals surface area contributed by atoms with E-state index in [1.807, 2.05) is 12.1 Å². The van der Waals surface area contributed by atoms with Gasteiger partial charge in [-0.25, -0.2) is 0 Å². The summed E-state index contributed by atoms with van der Waals surface area (Å²) >= 11 is 0. The van der Waals surface area contributed by atoms with Gasteiger partial charge in [-0.2, -0.15) is 5.10 Å².